The Morgan fingerprint density at radius 2 is 1.05 bits per heavy atom. The van der Waals surface area contributed by atoms with E-state index in [0.717, 1.165) is 32.1 Å². The van der Waals surface area contributed by atoms with Crippen molar-refractivity contribution in [3.63, 3.8) is 0 Å². The number of hydrogen-bond donors (Lipinski definition) is 13. The molecule has 0 spiro atoms. The highest BCUT2D eigenvalue weighted by Crippen LogP contribution is 2.15. The molecule has 8 amide bonds. The van der Waals surface area contributed by atoms with Gasteiger partial charge >= 0.3 is 0 Å². The average molecular weight is 1030 g/mol. The zero-order valence-corrected chi connectivity index (χ0v) is 43.8. The SMILES string of the molecule is CCCCCCC[C@@H](O)CC(=O)C[C@@H](CN)C(=O)N[C@H]1CCNC(=O)[C@H](CC(C)C)NC(=O)[C@H](CCN)NC(=O)[C@H](CCN)NC(=O)[C@H](CC(C)C)NC(=O)[C@@H](Cc2ccccc2)NC(=O)[C@H](CCN)NC1=O. The van der Waals surface area contributed by atoms with Gasteiger partial charge in [-0.25, -0.2) is 0 Å². The van der Waals surface area contributed by atoms with Crippen molar-refractivity contribution in [1.82, 2.24) is 42.5 Å². The lowest BCUT2D eigenvalue weighted by Crippen LogP contribution is -2.60. The van der Waals surface area contributed by atoms with Gasteiger partial charge in [-0.05, 0) is 82.0 Å². The topological polar surface area (TPSA) is 374 Å². The highest BCUT2D eigenvalue weighted by Gasteiger charge is 2.35. The molecule has 1 aromatic rings. The maximum atomic E-state index is 14.3. The van der Waals surface area contributed by atoms with E-state index < -0.39 is 107 Å². The monoisotopic (exact) mass is 1030 g/mol. The van der Waals surface area contributed by atoms with E-state index in [1.54, 1.807) is 30.3 Å². The third-order valence-electron chi connectivity index (χ3n) is 12.5. The molecule has 412 valence electrons. The quantitative estimate of drug-likeness (QED) is 0.0519. The minimum atomic E-state index is -1.44. The van der Waals surface area contributed by atoms with Crippen molar-refractivity contribution in [2.24, 2.45) is 40.7 Å². The van der Waals surface area contributed by atoms with E-state index >= 15 is 0 Å². The molecular weight excluding hydrogens is 941 g/mol. The predicted octanol–water partition coefficient (Wildman–Crippen LogP) is -1.07. The van der Waals surface area contributed by atoms with Crippen LogP contribution in [0.3, 0.4) is 0 Å². The standard InChI is InChI=1S/C51H88N12O10/c1-6-7-8-9-13-16-35(64)29-36(65)28-34(30-55)44(66)57-40-20-24-56-45(67)41(25-31(2)3)61-47(69)38(18-22-53)58-46(68)37(17-21-52)60-50(72)42(26-32(4)5)62-51(73)43(27-33-14-11-10-12-15-33)63-48(70)39(19-23-54)59-49(40)71/h10-12,14-15,31-32,34-35,37-43,64H,6-9,13,16-30,52-55H2,1-5H3,(H,56,67)(H,57,66)(H,58,68)(H,59,71)(H,60,72)(H,61,69)(H,62,73)(H,63,70)/t34-,35+,37-,38-,39-,40-,41-,42-,43+/m0/s1. The fourth-order valence-corrected chi connectivity index (χ4v) is 8.42. The normalized spacial score (nSPS) is 23.2. The van der Waals surface area contributed by atoms with Crippen LogP contribution in [-0.2, 0) is 49.6 Å². The number of carbonyl (C=O) groups is 9. The molecule has 1 saturated heterocycles. The van der Waals surface area contributed by atoms with Crippen LogP contribution in [0, 0.1) is 17.8 Å². The van der Waals surface area contributed by atoms with Gasteiger partial charge in [0.15, 0.2) is 0 Å². The van der Waals surface area contributed by atoms with Gasteiger partial charge in [-0.3, -0.25) is 43.2 Å². The van der Waals surface area contributed by atoms with Crippen molar-refractivity contribution in [2.45, 2.75) is 179 Å². The molecule has 0 radical (unpaired) electrons. The number of hydrogen-bond acceptors (Lipinski definition) is 14. The van der Waals surface area contributed by atoms with Crippen LogP contribution in [0.1, 0.15) is 130 Å². The number of Topliss-reactive ketones (excluding diaryl/α,β-unsaturated/α-hetero) is 1. The van der Waals surface area contributed by atoms with Crippen LogP contribution in [0.15, 0.2) is 30.3 Å². The first kappa shape index (κ1) is 63.6. The van der Waals surface area contributed by atoms with E-state index in [9.17, 15) is 48.3 Å². The summed E-state index contributed by atoms with van der Waals surface area (Å²) >= 11 is 0. The summed E-state index contributed by atoms with van der Waals surface area (Å²) in [6.45, 7) is 8.70. The van der Waals surface area contributed by atoms with Crippen LogP contribution in [0.5, 0.6) is 0 Å². The van der Waals surface area contributed by atoms with Crippen molar-refractivity contribution < 1.29 is 48.3 Å². The van der Waals surface area contributed by atoms with Crippen LogP contribution in [0.2, 0.25) is 0 Å². The number of nitrogens with two attached hydrogens (primary N) is 4. The van der Waals surface area contributed by atoms with Crippen molar-refractivity contribution in [3.8, 4) is 0 Å². The maximum absolute atomic E-state index is 14.3. The van der Waals surface area contributed by atoms with E-state index in [1.165, 1.54) is 0 Å². The molecule has 22 heteroatoms. The summed E-state index contributed by atoms with van der Waals surface area (Å²) in [5, 5.41) is 32.1. The lowest BCUT2D eigenvalue weighted by molar-refractivity contribution is -0.136. The lowest BCUT2D eigenvalue weighted by atomic mass is 9.96. The molecule has 0 bridgehead atoms. The number of aliphatic hydroxyl groups excluding tert-OH is 1. The summed E-state index contributed by atoms with van der Waals surface area (Å²) in [4.78, 5) is 126. The van der Waals surface area contributed by atoms with Gasteiger partial charge in [0.2, 0.25) is 47.3 Å². The van der Waals surface area contributed by atoms with E-state index in [1.807, 2.05) is 27.7 Å². The number of aliphatic hydroxyl groups is 1. The first-order chi connectivity index (χ1) is 34.8. The van der Waals surface area contributed by atoms with Crippen molar-refractivity contribution in [2.75, 3.05) is 32.7 Å². The first-order valence-corrected chi connectivity index (χ1v) is 26.2. The second-order valence-electron chi connectivity index (χ2n) is 19.9. The summed E-state index contributed by atoms with van der Waals surface area (Å²) in [5.41, 5.74) is 24.4. The molecule has 1 heterocycles. The fraction of sp³-hybridized carbons (Fsp3) is 0.706. The zero-order chi connectivity index (χ0) is 54.5. The molecule has 9 atom stereocenters. The van der Waals surface area contributed by atoms with Crippen LogP contribution in [-0.4, -0.2) is 139 Å². The zero-order valence-electron chi connectivity index (χ0n) is 43.8. The van der Waals surface area contributed by atoms with E-state index in [4.69, 9.17) is 22.9 Å². The Labute approximate surface area is 431 Å². The largest absolute Gasteiger partial charge is 0.393 e. The minimum Gasteiger partial charge on any atom is -0.393 e. The molecule has 1 aliphatic rings. The Hall–Kier alpha value is -5.55. The van der Waals surface area contributed by atoms with E-state index in [-0.39, 0.29) is 102 Å². The van der Waals surface area contributed by atoms with E-state index in [2.05, 4.69) is 49.5 Å². The maximum Gasteiger partial charge on any atom is 0.243 e. The summed E-state index contributed by atoms with van der Waals surface area (Å²) < 4.78 is 0. The summed E-state index contributed by atoms with van der Waals surface area (Å²) in [7, 11) is 0. The fourth-order valence-electron chi connectivity index (χ4n) is 8.42. The highest BCUT2D eigenvalue weighted by atomic mass is 16.3. The second-order valence-corrected chi connectivity index (χ2v) is 19.9. The lowest BCUT2D eigenvalue weighted by Gasteiger charge is -2.28. The molecular formula is C51H88N12O10. The predicted molar refractivity (Wildman–Crippen MR) is 277 cm³/mol. The number of nitrogens with one attached hydrogen (secondary N) is 8. The number of rotatable bonds is 25. The van der Waals surface area contributed by atoms with Crippen LogP contribution < -0.4 is 65.5 Å². The van der Waals surface area contributed by atoms with Crippen LogP contribution >= 0.6 is 0 Å². The molecule has 1 aromatic carbocycles. The molecule has 17 N–H and O–H groups in total. The Morgan fingerprint density at radius 3 is 1.55 bits per heavy atom. The van der Waals surface area contributed by atoms with Gasteiger partial charge in [0.25, 0.3) is 0 Å². The second kappa shape index (κ2) is 34.8. The van der Waals surface area contributed by atoms with Gasteiger partial charge in [-0.15, -0.1) is 0 Å². The number of carbonyl (C=O) groups excluding carboxylic acids is 9. The third-order valence-corrected chi connectivity index (χ3v) is 12.5. The molecule has 2 rings (SSSR count). The number of amides is 8. The molecule has 1 fully saturated rings. The van der Waals surface area contributed by atoms with Crippen molar-refractivity contribution in [3.05, 3.63) is 35.9 Å². The number of ketones is 1. The highest BCUT2D eigenvalue weighted by molar-refractivity contribution is 5.98. The first-order valence-electron chi connectivity index (χ1n) is 26.2. The summed E-state index contributed by atoms with van der Waals surface area (Å²) in [6.07, 6.45) is 3.60. The molecule has 73 heavy (non-hydrogen) atoms. The smallest absolute Gasteiger partial charge is 0.243 e. The molecule has 22 nitrogen and oxygen atoms in total. The molecule has 0 unspecified atom stereocenters. The molecule has 0 saturated carbocycles. The van der Waals surface area contributed by atoms with Gasteiger partial charge < -0.3 is 70.6 Å². The Bertz CT molecular complexity index is 1910. The van der Waals surface area contributed by atoms with Gasteiger partial charge in [0, 0.05) is 32.4 Å². The van der Waals surface area contributed by atoms with Crippen molar-refractivity contribution >= 4 is 53.0 Å². The van der Waals surface area contributed by atoms with Gasteiger partial charge in [0.1, 0.15) is 48.1 Å². The minimum absolute atomic E-state index is 0.0435. The van der Waals surface area contributed by atoms with Crippen molar-refractivity contribution in [1.29, 1.82) is 0 Å². The third kappa shape index (κ3) is 24.4. The summed E-state index contributed by atoms with van der Waals surface area (Å²) in [5.74, 6) is -7.86. The number of benzene rings is 1. The van der Waals surface area contributed by atoms with Crippen LogP contribution in [0.25, 0.3) is 0 Å². The Kier molecular flexibility index (Phi) is 30.3. The van der Waals surface area contributed by atoms with E-state index in [0.29, 0.717) is 12.0 Å². The Balaban J connectivity index is 2.66. The molecule has 0 aliphatic carbocycles. The summed E-state index contributed by atoms with van der Waals surface area (Å²) in [6, 6.07) is -0.256. The van der Waals surface area contributed by atoms with Crippen LogP contribution in [0.4, 0.5) is 0 Å². The Morgan fingerprint density at radius 1 is 0.603 bits per heavy atom. The van der Waals surface area contributed by atoms with Gasteiger partial charge in [-0.1, -0.05) is 97.1 Å². The molecule has 1 aliphatic heterocycles. The van der Waals surface area contributed by atoms with Gasteiger partial charge in [-0.2, -0.15) is 0 Å². The molecule has 0 aromatic heterocycles. The average Bonchev–Trinajstić information content (AvgIpc) is 3.33. The van der Waals surface area contributed by atoms with Gasteiger partial charge in [0.05, 0.1) is 12.0 Å². The number of unbranched alkanes of at least 4 members (excludes halogenated alkanes) is 4.